The summed E-state index contributed by atoms with van der Waals surface area (Å²) in [6, 6.07) is 6.60. The molecule has 0 amide bonds. The van der Waals surface area contributed by atoms with Crippen molar-refractivity contribution >= 4 is 28.5 Å². The van der Waals surface area contributed by atoms with Crippen LogP contribution in [0.3, 0.4) is 0 Å². The minimum absolute atomic E-state index is 0.0569. The highest BCUT2D eigenvalue weighted by atomic mass is 35.5. The highest BCUT2D eigenvalue weighted by Crippen LogP contribution is 2.38. The average Bonchev–Trinajstić information content (AvgIpc) is 3.24. The Morgan fingerprint density at radius 2 is 2.02 bits per heavy atom. The Balaban J connectivity index is 1.27. The second kappa shape index (κ2) is 10.9. The Morgan fingerprint density at radius 1 is 1.20 bits per heavy atom. The Kier molecular flexibility index (Phi) is 7.27. The lowest BCUT2D eigenvalue weighted by atomic mass is 10.0. The topological polar surface area (TPSA) is 69.7 Å². The summed E-state index contributed by atoms with van der Waals surface area (Å²) < 4.78 is 69.1. The van der Waals surface area contributed by atoms with Crippen LogP contribution in [0, 0.1) is 12.4 Å². The molecule has 6 rings (SSSR count). The summed E-state index contributed by atoms with van der Waals surface area (Å²) in [5.74, 6) is -0.288. The van der Waals surface area contributed by atoms with E-state index < -0.39 is 30.0 Å². The standard InChI is InChI=1S/C28H23ClF4N6O2/c1-34-25-10-22-24(11-35-25)39(12-19-5-7-40-19)26(36-22)14-38-6-4-16-8-20(28(31,32)33)27(37-23(16)13-38)41-15-17-2-3-18(29)9-21(17)30/h2-3,8-11,19H,4-7,12-15H2/t19-/m0/s1. The van der Waals surface area contributed by atoms with Gasteiger partial charge in [-0.1, -0.05) is 24.2 Å². The Bertz CT molecular complexity index is 1660. The van der Waals surface area contributed by atoms with Crippen molar-refractivity contribution in [2.75, 3.05) is 13.2 Å². The van der Waals surface area contributed by atoms with Crippen molar-refractivity contribution in [1.29, 1.82) is 0 Å². The van der Waals surface area contributed by atoms with Crippen molar-refractivity contribution < 1.29 is 27.0 Å². The molecule has 2 aliphatic heterocycles. The first-order valence-electron chi connectivity index (χ1n) is 12.9. The molecule has 2 aliphatic rings. The van der Waals surface area contributed by atoms with Gasteiger partial charge in [0.25, 0.3) is 5.82 Å². The number of fused-ring (bicyclic) bond motifs is 2. The summed E-state index contributed by atoms with van der Waals surface area (Å²) >= 11 is 5.78. The molecule has 13 heteroatoms. The molecule has 41 heavy (non-hydrogen) atoms. The molecular weight excluding hydrogens is 564 g/mol. The van der Waals surface area contributed by atoms with Gasteiger partial charge in [-0.25, -0.2) is 14.4 Å². The van der Waals surface area contributed by atoms with Gasteiger partial charge in [-0.2, -0.15) is 13.2 Å². The molecule has 0 N–H and O–H groups in total. The summed E-state index contributed by atoms with van der Waals surface area (Å²) in [6.45, 7) is 9.29. The fraction of sp³-hybridized carbons (Fsp3) is 0.357. The average molecular weight is 587 g/mol. The van der Waals surface area contributed by atoms with Crippen molar-refractivity contribution in [2.24, 2.45) is 0 Å². The summed E-state index contributed by atoms with van der Waals surface area (Å²) in [5.41, 5.74) is 1.45. The van der Waals surface area contributed by atoms with Gasteiger partial charge in [0, 0.05) is 30.3 Å². The Labute approximate surface area is 237 Å². The minimum Gasteiger partial charge on any atom is -0.472 e. The molecule has 0 bridgehead atoms. The number of halogens is 5. The zero-order chi connectivity index (χ0) is 28.7. The van der Waals surface area contributed by atoms with Crippen molar-refractivity contribution in [3.05, 3.63) is 87.0 Å². The molecule has 0 unspecified atom stereocenters. The van der Waals surface area contributed by atoms with Crippen LogP contribution in [0.5, 0.6) is 5.88 Å². The highest BCUT2D eigenvalue weighted by Gasteiger charge is 2.37. The van der Waals surface area contributed by atoms with E-state index in [9.17, 15) is 17.6 Å². The lowest BCUT2D eigenvalue weighted by molar-refractivity contribution is -0.139. The largest absolute Gasteiger partial charge is 0.472 e. The van der Waals surface area contributed by atoms with Gasteiger partial charge in [0.15, 0.2) is 0 Å². The fourth-order valence-electron chi connectivity index (χ4n) is 5.01. The summed E-state index contributed by atoms with van der Waals surface area (Å²) in [7, 11) is 0. The van der Waals surface area contributed by atoms with Crippen molar-refractivity contribution in [3.8, 4) is 5.88 Å². The molecule has 0 saturated carbocycles. The van der Waals surface area contributed by atoms with E-state index >= 15 is 0 Å². The van der Waals surface area contributed by atoms with Crippen molar-refractivity contribution in [3.63, 3.8) is 0 Å². The van der Waals surface area contributed by atoms with Gasteiger partial charge in [0.05, 0.1) is 30.4 Å². The van der Waals surface area contributed by atoms with Crippen LogP contribution in [0.25, 0.3) is 15.9 Å². The SMILES string of the molecule is [C-]#[N+]c1cc2nc(CN3CCc4cc(C(F)(F)F)c(OCc5ccc(Cl)cc5F)nc4C3)n(C[C@@H]3CCO3)c2cn1. The van der Waals surface area contributed by atoms with E-state index in [2.05, 4.69) is 14.8 Å². The highest BCUT2D eigenvalue weighted by molar-refractivity contribution is 6.30. The van der Waals surface area contributed by atoms with Crippen LogP contribution in [0.1, 0.15) is 34.6 Å². The number of hydrogen-bond donors (Lipinski definition) is 0. The predicted octanol–water partition coefficient (Wildman–Crippen LogP) is 6.11. The van der Waals surface area contributed by atoms with Crippen molar-refractivity contribution in [1.82, 2.24) is 24.4 Å². The van der Waals surface area contributed by atoms with Gasteiger partial charge in [0.2, 0.25) is 5.88 Å². The molecule has 1 aromatic carbocycles. The van der Waals surface area contributed by atoms with Crippen LogP contribution < -0.4 is 4.74 Å². The van der Waals surface area contributed by atoms with E-state index in [4.69, 9.17) is 32.6 Å². The van der Waals surface area contributed by atoms with Crippen LogP contribution in [0.4, 0.5) is 23.4 Å². The number of imidazole rings is 1. The molecule has 1 saturated heterocycles. The monoisotopic (exact) mass is 586 g/mol. The van der Waals surface area contributed by atoms with Gasteiger partial charge in [-0.05, 0) is 42.7 Å². The van der Waals surface area contributed by atoms with Gasteiger partial charge in [-0.3, -0.25) is 4.90 Å². The Hall–Kier alpha value is -3.79. The molecule has 4 aromatic rings. The van der Waals surface area contributed by atoms with E-state index in [0.29, 0.717) is 49.4 Å². The smallest absolute Gasteiger partial charge is 0.421 e. The molecule has 0 aliphatic carbocycles. The second-order valence-electron chi connectivity index (χ2n) is 9.99. The van der Waals surface area contributed by atoms with Gasteiger partial charge >= 0.3 is 6.18 Å². The first-order chi connectivity index (χ1) is 19.7. The number of alkyl halides is 3. The number of ether oxygens (including phenoxy) is 2. The third-order valence-corrected chi connectivity index (χ3v) is 7.51. The van der Waals surface area contributed by atoms with Crippen LogP contribution >= 0.6 is 11.6 Å². The summed E-state index contributed by atoms with van der Waals surface area (Å²) in [6.07, 6.45) is -1.72. The van der Waals surface area contributed by atoms with Crippen LogP contribution in [0.15, 0.2) is 36.5 Å². The third-order valence-electron chi connectivity index (χ3n) is 7.27. The first kappa shape index (κ1) is 27.4. The maximum atomic E-state index is 14.2. The zero-order valence-electron chi connectivity index (χ0n) is 21.6. The third kappa shape index (κ3) is 5.70. The normalized spacial score (nSPS) is 17.2. The number of nitrogens with zero attached hydrogens (tertiary/aromatic N) is 6. The lowest BCUT2D eigenvalue weighted by Gasteiger charge is -2.30. The number of pyridine rings is 2. The summed E-state index contributed by atoms with van der Waals surface area (Å²) in [5, 5.41) is 0.172. The van der Waals surface area contributed by atoms with Gasteiger partial charge in [0.1, 0.15) is 35.5 Å². The molecule has 8 nitrogen and oxygen atoms in total. The van der Waals surface area contributed by atoms with Crippen LogP contribution in [-0.4, -0.2) is 43.7 Å². The maximum absolute atomic E-state index is 14.2. The number of aromatic nitrogens is 4. The summed E-state index contributed by atoms with van der Waals surface area (Å²) in [4.78, 5) is 18.7. The minimum atomic E-state index is -4.69. The van der Waals surface area contributed by atoms with Crippen LogP contribution in [0.2, 0.25) is 5.02 Å². The lowest BCUT2D eigenvalue weighted by Crippen LogP contribution is -2.34. The van der Waals surface area contributed by atoms with E-state index in [-0.39, 0.29) is 29.1 Å². The first-order valence-corrected chi connectivity index (χ1v) is 13.3. The quantitative estimate of drug-likeness (QED) is 0.192. The molecule has 212 valence electrons. The van der Waals surface area contributed by atoms with E-state index in [1.807, 2.05) is 9.47 Å². The van der Waals surface area contributed by atoms with E-state index in [0.717, 1.165) is 29.9 Å². The molecule has 1 atom stereocenters. The number of hydrogen-bond acceptors (Lipinski definition) is 6. The molecule has 5 heterocycles. The predicted molar refractivity (Wildman–Crippen MR) is 141 cm³/mol. The molecule has 0 radical (unpaired) electrons. The second-order valence-corrected chi connectivity index (χ2v) is 10.4. The molecule has 0 spiro atoms. The molecular formula is C28H23ClF4N6O2. The van der Waals surface area contributed by atoms with Gasteiger partial charge < -0.3 is 18.9 Å². The van der Waals surface area contributed by atoms with E-state index in [1.54, 1.807) is 12.3 Å². The number of benzene rings is 1. The molecule has 1 fully saturated rings. The van der Waals surface area contributed by atoms with Crippen LogP contribution in [-0.2, 0) is 43.6 Å². The Morgan fingerprint density at radius 3 is 2.73 bits per heavy atom. The van der Waals surface area contributed by atoms with E-state index in [1.165, 1.54) is 12.1 Å². The number of rotatable bonds is 7. The van der Waals surface area contributed by atoms with Crippen molar-refractivity contribution in [2.45, 2.75) is 51.4 Å². The maximum Gasteiger partial charge on any atom is 0.421 e. The zero-order valence-corrected chi connectivity index (χ0v) is 22.3. The fourth-order valence-corrected chi connectivity index (χ4v) is 5.17. The molecule has 3 aromatic heterocycles. The van der Waals surface area contributed by atoms with Gasteiger partial charge in [-0.15, -0.1) is 4.98 Å².